The Morgan fingerprint density at radius 1 is 1.26 bits per heavy atom. The minimum Gasteiger partial charge on any atom is -0.352 e. The lowest BCUT2D eigenvalue weighted by Crippen LogP contribution is -2.49. The molecule has 0 aromatic carbocycles. The van der Waals surface area contributed by atoms with E-state index in [4.69, 9.17) is 0 Å². The van der Waals surface area contributed by atoms with Crippen molar-refractivity contribution in [1.29, 1.82) is 0 Å². The Kier molecular flexibility index (Phi) is 7.44. The molecule has 1 amide bonds. The SMILES string of the molecule is CCCC(C)NC(=O)C(C)NC1CCCC(CC)C1. The Hall–Kier alpha value is -0.570. The summed E-state index contributed by atoms with van der Waals surface area (Å²) >= 11 is 0. The Labute approximate surface area is 118 Å². The van der Waals surface area contributed by atoms with Crippen molar-refractivity contribution in [2.45, 2.75) is 90.8 Å². The lowest BCUT2D eigenvalue weighted by atomic mass is 9.84. The van der Waals surface area contributed by atoms with E-state index in [-0.39, 0.29) is 18.0 Å². The van der Waals surface area contributed by atoms with E-state index in [2.05, 4.69) is 31.4 Å². The quantitative estimate of drug-likeness (QED) is 0.744. The highest BCUT2D eigenvalue weighted by Crippen LogP contribution is 2.26. The third-order valence-electron chi connectivity index (χ3n) is 4.35. The van der Waals surface area contributed by atoms with Gasteiger partial charge in [-0.1, -0.05) is 39.5 Å². The van der Waals surface area contributed by atoms with E-state index in [1.165, 1.54) is 32.1 Å². The minimum absolute atomic E-state index is 0.0695. The average Bonchev–Trinajstić information content (AvgIpc) is 2.39. The molecule has 3 heteroatoms. The third-order valence-corrected chi connectivity index (χ3v) is 4.35. The van der Waals surface area contributed by atoms with Gasteiger partial charge in [0.25, 0.3) is 0 Å². The maximum absolute atomic E-state index is 12.1. The van der Waals surface area contributed by atoms with Gasteiger partial charge < -0.3 is 10.6 Å². The highest BCUT2D eigenvalue weighted by atomic mass is 16.2. The zero-order valence-corrected chi connectivity index (χ0v) is 13.2. The van der Waals surface area contributed by atoms with Gasteiger partial charge in [0.1, 0.15) is 0 Å². The molecule has 19 heavy (non-hydrogen) atoms. The molecule has 0 aliphatic heterocycles. The first-order valence-electron chi connectivity index (χ1n) is 8.13. The van der Waals surface area contributed by atoms with Gasteiger partial charge in [-0.25, -0.2) is 0 Å². The van der Waals surface area contributed by atoms with Crippen molar-refractivity contribution in [3.63, 3.8) is 0 Å². The molecule has 0 heterocycles. The van der Waals surface area contributed by atoms with Crippen LogP contribution in [-0.4, -0.2) is 24.0 Å². The predicted molar refractivity (Wildman–Crippen MR) is 81.1 cm³/mol. The van der Waals surface area contributed by atoms with E-state index in [0.29, 0.717) is 6.04 Å². The van der Waals surface area contributed by atoms with Crippen LogP contribution in [0, 0.1) is 5.92 Å². The Balaban J connectivity index is 2.32. The summed E-state index contributed by atoms with van der Waals surface area (Å²) in [5.74, 6) is 1.00. The molecule has 1 fully saturated rings. The number of rotatable bonds is 7. The summed E-state index contributed by atoms with van der Waals surface area (Å²) in [6.07, 6.45) is 8.56. The lowest BCUT2D eigenvalue weighted by molar-refractivity contribution is -0.123. The van der Waals surface area contributed by atoms with Gasteiger partial charge >= 0.3 is 0 Å². The van der Waals surface area contributed by atoms with Crippen LogP contribution in [0.5, 0.6) is 0 Å². The van der Waals surface area contributed by atoms with Gasteiger partial charge in [-0.3, -0.25) is 4.79 Å². The summed E-state index contributed by atoms with van der Waals surface area (Å²) in [6.45, 7) is 8.50. The minimum atomic E-state index is -0.0695. The molecule has 0 aromatic rings. The van der Waals surface area contributed by atoms with Crippen LogP contribution in [0.2, 0.25) is 0 Å². The van der Waals surface area contributed by atoms with Crippen LogP contribution in [0.25, 0.3) is 0 Å². The molecule has 112 valence electrons. The largest absolute Gasteiger partial charge is 0.352 e. The number of carbonyl (C=O) groups is 1. The molecule has 0 aromatic heterocycles. The van der Waals surface area contributed by atoms with E-state index in [1.54, 1.807) is 0 Å². The second-order valence-corrected chi connectivity index (χ2v) is 6.22. The third kappa shape index (κ3) is 5.94. The zero-order chi connectivity index (χ0) is 14.3. The van der Waals surface area contributed by atoms with E-state index >= 15 is 0 Å². The molecule has 0 saturated heterocycles. The molecule has 4 unspecified atom stereocenters. The monoisotopic (exact) mass is 268 g/mol. The van der Waals surface area contributed by atoms with Crippen molar-refractivity contribution >= 4 is 5.91 Å². The molecule has 1 aliphatic carbocycles. The second-order valence-electron chi connectivity index (χ2n) is 6.22. The first-order chi connectivity index (χ1) is 9.06. The van der Waals surface area contributed by atoms with Crippen LogP contribution < -0.4 is 10.6 Å². The van der Waals surface area contributed by atoms with Crippen LogP contribution in [0.3, 0.4) is 0 Å². The molecule has 1 saturated carbocycles. The Morgan fingerprint density at radius 3 is 2.63 bits per heavy atom. The van der Waals surface area contributed by atoms with Gasteiger partial charge in [-0.05, 0) is 39.0 Å². The summed E-state index contributed by atoms with van der Waals surface area (Å²) < 4.78 is 0. The highest BCUT2D eigenvalue weighted by Gasteiger charge is 2.24. The Bertz CT molecular complexity index is 267. The van der Waals surface area contributed by atoms with Gasteiger partial charge in [0.05, 0.1) is 6.04 Å². The molecular formula is C16H32N2O. The van der Waals surface area contributed by atoms with Gasteiger partial charge in [-0.15, -0.1) is 0 Å². The number of amides is 1. The van der Waals surface area contributed by atoms with Crippen molar-refractivity contribution in [2.24, 2.45) is 5.92 Å². The standard InChI is InChI=1S/C16H32N2O/c1-5-8-12(3)17-16(19)13(4)18-15-10-7-9-14(6-2)11-15/h12-15,18H,5-11H2,1-4H3,(H,17,19). The fourth-order valence-corrected chi connectivity index (χ4v) is 3.12. The summed E-state index contributed by atoms with van der Waals surface area (Å²) in [5, 5.41) is 6.61. The summed E-state index contributed by atoms with van der Waals surface area (Å²) in [6, 6.07) is 0.748. The molecule has 3 nitrogen and oxygen atoms in total. The van der Waals surface area contributed by atoms with E-state index < -0.39 is 0 Å². The summed E-state index contributed by atoms with van der Waals surface area (Å²) in [4.78, 5) is 12.1. The second kappa shape index (κ2) is 8.57. The molecule has 2 N–H and O–H groups in total. The van der Waals surface area contributed by atoms with Gasteiger partial charge in [-0.2, -0.15) is 0 Å². The van der Waals surface area contributed by atoms with E-state index in [1.807, 2.05) is 6.92 Å². The molecule has 1 rings (SSSR count). The van der Waals surface area contributed by atoms with E-state index in [9.17, 15) is 4.79 Å². The molecule has 0 radical (unpaired) electrons. The number of hydrogen-bond acceptors (Lipinski definition) is 2. The van der Waals surface area contributed by atoms with Gasteiger partial charge in [0.15, 0.2) is 0 Å². The molecule has 1 aliphatic rings. The molecule has 4 atom stereocenters. The topological polar surface area (TPSA) is 41.1 Å². The first kappa shape index (κ1) is 16.5. The van der Waals surface area contributed by atoms with Crippen molar-refractivity contribution in [3.05, 3.63) is 0 Å². The van der Waals surface area contributed by atoms with Crippen LogP contribution in [0.1, 0.15) is 72.6 Å². The maximum atomic E-state index is 12.1. The van der Waals surface area contributed by atoms with Crippen LogP contribution >= 0.6 is 0 Å². The van der Waals surface area contributed by atoms with Crippen molar-refractivity contribution < 1.29 is 4.79 Å². The summed E-state index contributed by atoms with van der Waals surface area (Å²) in [7, 11) is 0. The molecule has 0 bridgehead atoms. The smallest absolute Gasteiger partial charge is 0.237 e. The Morgan fingerprint density at radius 2 is 2.00 bits per heavy atom. The average molecular weight is 268 g/mol. The fraction of sp³-hybridized carbons (Fsp3) is 0.938. The first-order valence-corrected chi connectivity index (χ1v) is 8.13. The number of hydrogen-bond donors (Lipinski definition) is 2. The van der Waals surface area contributed by atoms with Crippen molar-refractivity contribution in [3.8, 4) is 0 Å². The van der Waals surface area contributed by atoms with Crippen molar-refractivity contribution in [2.75, 3.05) is 0 Å². The van der Waals surface area contributed by atoms with Gasteiger partial charge in [0.2, 0.25) is 5.91 Å². The number of carbonyl (C=O) groups excluding carboxylic acids is 1. The lowest BCUT2D eigenvalue weighted by Gasteiger charge is -2.31. The van der Waals surface area contributed by atoms with Gasteiger partial charge in [0, 0.05) is 12.1 Å². The van der Waals surface area contributed by atoms with Crippen LogP contribution in [0.4, 0.5) is 0 Å². The number of nitrogens with one attached hydrogen (secondary N) is 2. The molecule has 0 spiro atoms. The zero-order valence-electron chi connectivity index (χ0n) is 13.2. The maximum Gasteiger partial charge on any atom is 0.237 e. The van der Waals surface area contributed by atoms with Crippen LogP contribution in [-0.2, 0) is 4.79 Å². The molecular weight excluding hydrogens is 236 g/mol. The van der Waals surface area contributed by atoms with E-state index in [0.717, 1.165) is 18.8 Å². The highest BCUT2D eigenvalue weighted by molar-refractivity contribution is 5.81. The van der Waals surface area contributed by atoms with Crippen LogP contribution in [0.15, 0.2) is 0 Å². The fourth-order valence-electron chi connectivity index (χ4n) is 3.12. The summed E-state index contributed by atoms with van der Waals surface area (Å²) in [5.41, 5.74) is 0. The van der Waals surface area contributed by atoms with Crippen molar-refractivity contribution in [1.82, 2.24) is 10.6 Å². The predicted octanol–water partition coefficient (Wildman–Crippen LogP) is 3.24. The normalized spacial score (nSPS) is 26.7.